The Bertz CT molecular complexity index is 973. The zero-order valence-electron chi connectivity index (χ0n) is 15.7. The van der Waals surface area contributed by atoms with E-state index in [0.29, 0.717) is 35.5 Å². The summed E-state index contributed by atoms with van der Waals surface area (Å²) in [7, 11) is 3.15. The van der Waals surface area contributed by atoms with Crippen LogP contribution in [0.3, 0.4) is 0 Å². The van der Waals surface area contributed by atoms with Crippen LogP contribution in [-0.2, 0) is 0 Å². The lowest BCUT2D eigenvalue weighted by Gasteiger charge is -2.21. The van der Waals surface area contributed by atoms with Crippen molar-refractivity contribution in [3.05, 3.63) is 54.2 Å². The second-order valence-electron chi connectivity index (χ2n) is 6.40. The molecule has 28 heavy (non-hydrogen) atoms. The van der Waals surface area contributed by atoms with Gasteiger partial charge in [0.2, 0.25) is 11.7 Å². The number of amides is 1. The minimum absolute atomic E-state index is 0.131. The predicted octanol–water partition coefficient (Wildman–Crippen LogP) is 3.13. The predicted molar refractivity (Wildman–Crippen MR) is 100 cm³/mol. The molecule has 1 amide bonds. The Labute approximate surface area is 162 Å². The topological polar surface area (TPSA) is 90.6 Å². The van der Waals surface area contributed by atoms with Crippen molar-refractivity contribution >= 4 is 5.91 Å². The van der Waals surface area contributed by atoms with E-state index in [9.17, 15) is 4.79 Å². The maximum Gasteiger partial charge on any atom is 0.273 e. The van der Waals surface area contributed by atoms with Gasteiger partial charge in [-0.15, -0.1) is 0 Å². The third kappa shape index (κ3) is 3.28. The first-order chi connectivity index (χ1) is 13.7. The van der Waals surface area contributed by atoms with E-state index in [-0.39, 0.29) is 11.9 Å². The van der Waals surface area contributed by atoms with Gasteiger partial charge < -0.3 is 18.9 Å². The minimum Gasteiger partial charge on any atom is -0.493 e. The Morgan fingerprint density at radius 1 is 1.18 bits per heavy atom. The second-order valence-corrected chi connectivity index (χ2v) is 6.40. The molecule has 0 N–H and O–H groups in total. The summed E-state index contributed by atoms with van der Waals surface area (Å²) in [6.07, 6.45) is 3.25. The summed E-state index contributed by atoms with van der Waals surface area (Å²) in [6, 6.07) is 10.5. The Morgan fingerprint density at radius 3 is 2.79 bits per heavy atom. The van der Waals surface area contributed by atoms with Crippen LogP contribution in [0.1, 0.15) is 35.3 Å². The SMILES string of the molecule is COc1ccc(-c2noc(C3CCCN3C(=O)c3ccccn3)n2)cc1OC. The zero-order chi connectivity index (χ0) is 19.5. The molecule has 0 saturated carbocycles. The molecule has 1 aromatic carbocycles. The first-order valence-corrected chi connectivity index (χ1v) is 8.99. The molecule has 1 unspecified atom stereocenters. The fraction of sp³-hybridized carbons (Fsp3) is 0.300. The molecule has 0 spiro atoms. The number of likely N-dealkylation sites (tertiary alicyclic amines) is 1. The first kappa shape index (κ1) is 18.0. The Balaban J connectivity index is 1.59. The smallest absolute Gasteiger partial charge is 0.273 e. The third-order valence-corrected chi connectivity index (χ3v) is 4.77. The van der Waals surface area contributed by atoms with Gasteiger partial charge in [0.05, 0.1) is 14.2 Å². The average Bonchev–Trinajstić information content (AvgIpc) is 3.42. The molecule has 0 aliphatic carbocycles. The number of carbonyl (C=O) groups is 1. The highest BCUT2D eigenvalue weighted by atomic mass is 16.5. The van der Waals surface area contributed by atoms with E-state index in [2.05, 4.69) is 15.1 Å². The number of carbonyl (C=O) groups excluding carboxylic acids is 1. The summed E-state index contributed by atoms with van der Waals surface area (Å²) >= 11 is 0. The molecule has 8 nitrogen and oxygen atoms in total. The molecule has 1 saturated heterocycles. The van der Waals surface area contributed by atoms with Gasteiger partial charge in [0.15, 0.2) is 11.5 Å². The quantitative estimate of drug-likeness (QED) is 0.671. The van der Waals surface area contributed by atoms with Crippen LogP contribution in [0.2, 0.25) is 0 Å². The van der Waals surface area contributed by atoms with Crippen LogP contribution in [0.25, 0.3) is 11.4 Å². The second kappa shape index (κ2) is 7.67. The fourth-order valence-electron chi connectivity index (χ4n) is 3.37. The van der Waals surface area contributed by atoms with E-state index >= 15 is 0 Å². The largest absolute Gasteiger partial charge is 0.493 e. The van der Waals surface area contributed by atoms with Crippen molar-refractivity contribution in [2.24, 2.45) is 0 Å². The van der Waals surface area contributed by atoms with Gasteiger partial charge in [-0.1, -0.05) is 11.2 Å². The summed E-state index contributed by atoms with van der Waals surface area (Å²) in [6.45, 7) is 0.633. The molecule has 3 heterocycles. The number of nitrogens with zero attached hydrogens (tertiary/aromatic N) is 4. The van der Waals surface area contributed by atoms with Gasteiger partial charge in [-0.05, 0) is 43.2 Å². The van der Waals surface area contributed by atoms with E-state index in [0.717, 1.165) is 18.4 Å². The van der Waals surface area contributed by atoms with Gasteiger partial charge in [0.1, 0.15) is 11.7 Å². The van der Waals surface area contributed by atoms with Crippen molar-refractivity contribution in [1.82, 2.24) is 20.0 Å². The van der Waals surface area contributed by atoms with Gasteiger partial charge in [0.25, 0.3) is 5.91 Å². The van der Waals surface area contributed by atoms with E-state index in [1.165, 1.54) is 0 Å². The van der Waals surface area contributed by atoms with Gasteiger partial charge >= 0.3 is 0 Å². The number of hydrogen-bond donors (Lipinski definition) is 0. The molecule has 8 heteroatoms. The lowest BCUT2D eigenvalue weighted by atomic mass is 10.2. The van der Waals surface area contributed by atoms with E-state index in [4.69, 9.17) is 14.0 Å². The van der Waals surface area contributed by atoms with Crippen molar-refractivity contribution in [3.63, 3.8) is 0 Å². The Hall–Kier alpha value is -3.42. The van der Waals surface area contributed by atoms with E-state index in [1.54, 1.807) is 55.6 Å². The molecule has 0 radical (unpaired) electrons. The summed E-state index contributed by atoms with van der Waals surface area (Å²) < 4.78 is 16.1. The van der Waals surface area contributed by atoms with Crippen LogP contribution in [0.5, 0.6) is 11.5 Å². The van der Waals surface area contributed by atoms with Crippen LogP contribution >= 0.6 is 0 Å². The number of methoxy groups -OCH3 is 2. The minimum atomic E-state index is -0.254. The van der Waals surface area contributed by atoms with Crippen LogP contribution < -0.4 is 9.47 Å². The van der Waals surface area contributed by atoms with Crippen molar-refractivity contribution in [1.29, 1.82) is 0 Å². The number of aromatic nitrogens is 3. The Kier molecular flexibility index (Phi) is 4.92. The third-order valence-electron chi connectivity index (χ3n) is 4.77. The highest BCUT2D eigenvalue weighted by Gasteiger charge is 2.35. The number of benzene rings is 1. The van der Waals surface area contributed by atoms with Crippen LogP contribution in [0.4, 0.5) is 0 Å². The fourth-order valence-corrected chi connectivity index (χ4v) is 3.37. The maximum atomic E-state index is 12.8. The van der Waals surface area contributed by atoms with Gasteiger partial charge in [-0.25, -0.2) is 0 Å². The van der Waals surface area contributed by atoms with Crippen LogP contribution in [0, 0.1) is 0 Å². The molecule has 2 aromatic heterocycles. The number of rotatable bonds is 5. The molecular formula is C20H20N4O4. The zero-order valence-corrected chi connectivity index (χ0v) is 15.7. The highest BCUT2D eigenvalue weighted by molar-refractivity contribution is 5.92. The maximum absolute atomic E-state index is 12.8. The summed E-state index contributed by atoms with van der Waals surface area (Å²) in [5.41, 5.74) is 1.15. The number of hydrogen-bond acceptors (Lipinski definition) is 7. The normalized spacial score (nSPS) is 16.2. The Morgan fingerprint density at radius 2 is 2.04 bits per heavy atom. The summed E-state index contributed by atoms with van der Waals surface area (Å²) in [4.78, 5) is 23.2. The molecule has 1 atom stereocenters. The monoisotopic (exact) mass is 380 g/mol. The van der Waals surface area contributed by atoms with Crippen LogP contribution in [-0.4, -0.2) is 46.7 Å². The standard InChI is InChI=1S/C20H20N4O4/c1-26-16-9-8-13(12-17(16)27-2)18-22-19(28-23-18)15-7-5-11-24(15)20(25)14-6-3-4-10-21-14/h3-4,6,8-10,12,15H,5,7,11H2,1-2H3. The first-order valence-electron chi connectivity index (χ1n) is 8.99. The molecule has 144 valence electrons. The molecule has 1 aliphatic rings. The number of pyridine rings is 1. The van der Waals surface area contributed by atoms with Gasteiger partial charge in [-0.2, -0.15) is 4.98 Å². The molecule has 0 bridgehead atoms. The summed E-state index contributed by atoms with van der Waals surface area (Å²) in [5.74, 6) is 1.94. The van der Waals surface area contributed by atoms with Crippen molar-refractivity contribution in [3.8, 4) is 22.9 Å². The molecular weight excluding hydrogens is 360 g/mol. The summed E-state index contributed by atoms with van der Waals surface area (Å²) in [5, 5.41) is 4.09. The lowest BCUT2D eigenvalue weighted by molar-refractivity contribution is 0.0704. The van der Waals surface area contributed by atoms with Crippen molar-refractivity contribution < 1.29 is 18.8 Å². The van der Waals surface area contributed by atoms with Gasteiger partial charge in [-0.3, -0.25) is 9.78 Å². The van der Waals surface area contributed by atoms with Crippen LogP contribution in [0.15, 0.2) is 47.1 Å². The lowest BCUT2D eigenvalue weighted by Crippen LogP contribution is -2.31. The highest BCUT2D eigenvalue weighted by Crippen LogP contribution is 2.35. The van der Waals surface area contributed by atoms with Gasteiger partial charge in [0, 0.05) is 18.3 Å². The molecule has 1 fully saturated rings. The average molecular weight is 380 g/mol. The van der Waals surface area contributed by atoms with Crippen molar-refractivity contribution in [2.75, 3.05) is 20.8 Å². The number of ether oxygens (including phenoxy) is 2. The van der Waals surface area contributed by atoms with E-state index < -0.39 is 0 Å². The molecule has 3 aromatic rings. The van der Waals surface area contributed by atoms with Crippen molar-refractivity contribution in [2.45, 2.75) is 18.9 Å². The van der Waals surface area contributed by atoms with E-state index in [1.807, 2.05) is 6.07 Å². The molecule has 4 rings (SSSR count). The molecule has 1 aliphatic heterocycles.